The van der Waals surface area contributed by atoms with E-state index in [9.17, 15) is 0 Å². The maximum atomic E-state index is 3.38. The van der Waals surface area contributed by atoms with E-state index in [1.165, 1.54) is 0 Å². The van der Waals surface area contributed by atoms with Gasteiger partial charge in [0, 0.05) is 24.2 Å². The molecule has 0 atom stereocenters. The summed E-state index contributed by atoms with van der Waals surface area (Å²) >= 11 is 0. The molecule has 0 amide bonds. The zero-order valence-corrected chi connectivity index (χ0v) is 14.0. The van der Waals surface area contributed by atoms with Gasteiger partial charge in [0.25, 0.3) is 0 Å². The maximum absolute atomic E-state index is 3.38. The van der Waals surface area contributed by atoms with Gasteiger partial charge in [0.15, 0.2) is 0 Å². The number of hydrogen-bond donors (Lipinski definition) is 0. The van der Waals surface area contributed by atoms with Crippen molar-refractivity contribution in [2.75, 3.05) is 13.1 Å². The van der Waals surface area contributed by atoms with Crippen molar-refractivity contribution in [3.63, 3.8) is 0 Å². The lowest BCUT2D eigenvalue weighted by Crippen LogP contribution is -2.15. The van der Waals surface area contributed by atoms with Gasteiger partial charge in [-0.3, -0.25) is 4.67 Å². The Morgan fingerprint density at radius 3 is 1.50 bits per heavy atom. The lowest BCUT2D eigenvalue weighted by Gasteiger charge is -2.20. The maximum Gasteiger partial charge on any atom is 0.124 e. The first-order chi connectivity index (χ1) is 10.8. The predicted molar refractivity (Wildman–Crippen MR) is 96.5 cm³/mol. The molecule has 0 bridgehead atoms. The van der Waals surface area contributed by atoms with Crippen LogP contribution in [0.3, 0.4) is 0 Å². The van der Waals surface area contributed by atoms with Crippen LogP contribution < -0.4 is 0 Å². The molecule has 2 aromatic rings. The summed E-state index contributed by atoms with van der Waals surface area (Å²) in [5.74, 6) is 6.53. The average Bonchev–Trinajstić information content (AvgIpc) is 2.59. The van der Waals surface area contributed by atoms with Gasteiger partial charge in [-0.1, -0.05) is 62.1 Å². The summed E-state index contributed by atoms with van der Waals surface area (Å²) in [6.45, 7) is 6.25. The molecule has 0 aliphatic heterocycles. The van der Waals surface area contributed by atoms with Crippen LogP contribution in [-0.2, 0) is 0 Å². The second kappa shape index (κ2) is 9.07. The van der Waals surface area contributed by atoms with Crippen molar-refractivity contribution >= 4 is 8.07 Å². The number of benzene rings is 2. The van der Waals surface area contributed by atoms with E-state index in [0.717, 1.165) is 24.2 Å². The molecule has 22 heavy (non-hydrogen) atoms. The Morgan fingerprint density at radius 2 is 1.14 bits per heavy atom. The van der Waals surface area contributed by atoms with Crippen molar-refractivity contribution in [1.29, 1.82) is 0 Å². The first-order valence-electron chi connectivity index (χ1n) is 7.52. The molecule has 0 spiro atoms. The minimum absolute atomic E-state index is 0.761. The van der Waals surface area contributed by atoms with Gasteiger partial charge in [-0.25, -0.2) is 0 Å². The Kier molecular flexibility index (Phi) is 6.73. The van der Waals surface area contributed by atoms with Crippen LogP contribution in [0.25, 0.3) is 0 Å². The van der Waals surface area contributed by atoms with Gasteiger partial charge in [0.1, 0.15) is 8.07 Å². The Hall–Kier alpha value is -2.05. The highest BCUT2D eigenvalue weighted by molar-refractivity contribution is 7.65. The minimum Gasteiger partial charge on any atom is -0.263 e. The highest BCUT2D eigenvalue weighted by Crippen LogP contribution is 2.37. The molecule has 0 aliphatic rings. The van der Waals surface area contributed by atoms with Gasteiger partial charge >= 0.3 is 0 Å². The molecule has 2 aromatic carbocycles. The summed E-state index contributed by atoms with van der Waals surface area (Å²) in [7, 11) is -0.761. The second-order valence-electron chi connectivity index (χ2n) is 4.66. The molecule has 0 aromatic heterocycles. The summed E-state index contributed by atoms with van der Waals surface area (Å²) in [5.41, 5.74) is 8.84. The molecule has 0 saturated heterocycles. The summed E-state index contributed by atoms with van der Waals surface area (Å²) in [4.78, 5) is 0. The first-order valence-corrected chi connectivity index (χ1v) is 8.81. The normalized spacial score (nSPS) is 9.82. The van der Waals surface area contributed by atoms with Crippen LogP contribution in [0.15, 0.2) is 60.7 Å². The average molecular weight is 305 g/mol. The highest BCUT2D eigenvalue weighted by atomic mass is 31.1. The lowest BCUT2D eigenvalue weighted by atomic mass is 10.2. The molecule has 110 valence electrons. The Labute approximate surface area is 135 Å². The summed E-state index contributed by atoms with van der Waals surface area (Å²) in [6.07, 6.45) is 0. The number of nitrogens with zero attached hydrogens (tertiary/aromatic N) is 1. The van der Waals surface area contributed by atoms with Gasteiger partial charge in [-0.2, -0.15) is 0 Å². The van der Waals surface area contributed by atoms with Gasteiger partial charge in [-0.05, 0) is 35.6 Å². The van der Waals surface area contributed by atoms with Gasteiger partial charge in [-0.15, -0.1) is 0 Å². The molecule has 2 heteroatoms. The summed E-state index contributed by atoms with van der Waals surface area (Å²) in [6, 6.07) is 20.2. The van der Waals surface area contributed by atoms with E-state index in [1.807, 2.05) is 60.7 Å². The van der Waals surface area contributed by atoms with Crippen LogP contribution in [0.2, 0.25) is 0 Å². The Balaban J connectivity index is 2.24. The molecule has 0 fully saturated rings. The van der Waals surface area contributed by atoms with Crippen LogP contribution in [0.5, 0.6) is 0 Å². The molecular weight excluding hydrogens is 285 g/mol. The smallest absolute Gasteiger partial charge is 0.124 e. The van der Waals surface area contributed by atoms with E-state index >= 15 is 0 Å². The van der Waals surface area contributed by atoms with Crippen molar-refractivity contribution in [3.05, 3.63) is 71.8 Å². The molecule has 0 aliphatic carbocycles. The van der Waals surface area contributed by atoms with Gasteiger partial charge in [0.2, 0.25) is 0 Å². The third kappa shape index (κ3) is 5.05. The molecular formula is C20H20NP. The SMILES string of the molecule is CCN(CC)P(C#Cc1ccccc1)C#Cc1ccccc1. The molecule has 0 unspecified atom stereocenters. The van der Waals surface area contributed by atoms with E-state index in [1.54, 1.807) is 0 Å². The van der Waals surface area contributed by atoms with E-state index in [0.29, 0.717) is 0 Å². The molecule has 0 heterocycles. The zero-order chi connectivity index (χ0) is 15.6. The standard InChI is InChI=1S/C20H20NP/c1-3-21(4-2)22(17-15-19-11-7-5-8-12-19)18-16-20-13-9-6-10-14-20/h5-14H,3-4H2,1-2H3. The van der Waals surface area contributed by atoms with Crippen LogP contribution in [0.4, 0.5) is 0 Å². The number of hydrogen-bond acceptors (Lipinski definition) is 1. The third-order valence-electron chi connectivity index (χ3n) is 3.17. The second-order valence-corrected chi connectivity index (χ2v) is 6.29. The monoisotopic (exact) mass is 305 g/mol. The topological polar surface area (TPSA) is 3.24 Å². The van der Waals surface area contributed by atoms with Crippen molar-refractivity contribution in [3.8, 4) is 23.2 Å². The van der Waals surface area contributed by atoms with Crippen LogP contribution in [0, 0.1) is 23.2 Å². The highest BCUT2D eigenvalue weighted by Gasteiger charge is 2.09. The third-order valence-corrected chi connectivity index (χ3v) is 4.95. The number of rotatable bonds is 3. The predicted octanol–water partition coefficient (Wildman–Crippen LogP) is 4.74. The quantitative estimate of drug-likeness (QED) is 0.584. The van der Waals surface area contributed by atoms with Crippen LogP contribution in [-0.4, -0.2) is 17.8 Å². The zero-order valence-electron chi connectivity index (χ0n) is 13.1. The van der Waals surface area contributed by atoms with E-state index in [2.05, 4.69) is 41.7 Å². The fourth-order valence-corrected chi connectivity index (χ4v) is 3.33. The molecule has 2 rings (SSSR count). The Bertz CT molecular complexity index is 625. The van der Waals surface area contributed by atoms with Crippen molar-refractivity contribution in [1.82, 2.24) is 4.67 Å². The minimum atomic E-state index is -0.761. The summed E-state index contributed by atoms with van der Waals surface area (Å²) in [5, 5.41) is 0. The fourth-order valence-electron chi connectivity index (χ4n) is 1.95. The Morgan fingerprint density at radius 1 is 0.727 bits per heavy atom. The molecule has 0 saturated carbocycles. The van der Waals surface area contributed by atoms with Crippen molar-refractivity contribution in [2.24, 2.45) is 0 Å². The van der Waals surface area contributed by atoms with Crippen molar-refractivity contribution in [2.45, 2.75) is 13.8 Å². The molecule has 1 nitrogen and oxygen atoms in total. The van der Waals surface area contributed by atoms with E-state index in [-0.39, 0.29) is 0 Å². The van der Waals surface area contributed by atoms with Gasteiger partial charge in [0.05, 0.1) is 0 Å². The molecule has 0 N–H and O–H groups in total. The van der Waals surface area contributed by atoms with E-state index < -0.39 is 8.07 Å². The van der Waals surface area contributed by atoms with Crippen LogP contribution >= 0.6 is 8.07 Å². The van der Waals surface area contributed by atoms with Gasteiger partial charge < -0.3 is 0 Å². The fraction of sp³-hybridized carbons (Fsp3) is 0.200. The largest absolute Gasteiger partial charge is 0.263 e. The van der Waals surface area contributed by atoms with E-state index in [4.69, 9.17) is 0 Å². The van der Waals surface area contributed by atoms with Crippen LogP contribution in [0.1, 0.15) is 25.0 Å². The lowest BCUT2D eigenvalue weighted by molar-refractivity contribution is 0.515. The van der Waals surface area contributed by atoms with Crippen molar-refractivity contribution < 1.29 is 0 Å². The summed E-state index contributed by atoms with van der Waals surface area (Å²) < 4.78 is 2.33. The first kappa shape index (κ1) is 16.3. The molecule has 0 radical (unpaired) electrons.